The zero-order valence-corrected chi connectivity index (χ0v) is 26.5. The fraction of sp³-hybridized carbons (Fsp3) is 0.545. The molecule has 10 heteroatoms. The van der Waals surface area contributed by atoms with Crippen molar-refractivity contribution in [1.82, 2.24) is 15.5 Å². The van der Waals surface area contributed by atoms with E-state index in [1.54, 1.807) is 33.5 Å². The van der Waals surface area contributed by atoms with Crippen molar-refractivity contribution >= 4 is 17.5 Å². The summed E-state index contributed by atoms with van der Waals surface area (Å²) in [5.74, 6) is 1.07. The monoisotopic (exact) mass is 594 g/mol. The number of benzene rings is 1. The van der Waals surface area contributed by atoms with E-state index in [0.29, 0.717) is 53.9 Å². The molecule has 1 heterocycles. The molecule has 0 unspecified atom stereocenters. The van der Waals surface area contributed by atoms with Gasteiger partial charge in [-0.2, -0.15) is 0 Å². The number of nitrogens with zero attached hydrogens (tertiary/aromatic N) is 1. The molecule has 10 nitrogen and oxygen atoms in total. The van der Waals surface area contributed by atoms with Gasteiger partial charge in [0.05, 0.1) is 33.1 Å². The highest BCUT2D eigenvalue weighted by Crippen LogP contribution is 2.50. The van der Waals surface area contributed by atoms with Crippen molar-refractivity contribution in [2.24, 2.45) is 5.92 Å². The third-order valence-electron chi connectivity index (χ3n) is 8.59. The number of hydrogen-bond donors (Lipinski definition) is 3. The van der Waals surface area contributed by atoms with Gasteiger partial charge in [0.25, 0.3) is 0 Å². The fourth-order valence-corrected chi connectivity index (χ4v) is 6.40. The molecule has 2 aromatic carbocycles. The second-order valence-electron chi connectivity index (χ2n) is 11.6. The second-order valence-corrected chi connectivity index (χ2v) is 11.6. The van der Waals surface area contributed by atoms with E-state index in [2.05, 4.69) is 27.8 Å². The molecule has 0 aromatic heterocycles. The molecular formula is C33H46N4O6. The summed E-state index contributed by atoms with van der Waals surface area (Å²) in [6.45, 7) is 10.1. The SMILES string of the molecule is CCN1CCC[C@@H]1CNC(=O)[C@@H](Nc1ccc2c(cc1=O)[C@H](NC(C)=O)CCc1cc(OC)c(OC)c(OC)c1-2)C(C)C. The molecule has 2 amide bonds. The number of rotatable bonds is 11. The first kappa shape index (κ1) is 32.1. The van der Waals surface area contributed by atoms with Gasteiger partial charge >= 0.3 is 0 Å². The summed E-state index contributed by atoms with van der Waals surface area (Å²) < 4.78 is 17.1. The Morgan fingerprint density at radius 2 is 1.79 bits per heavy atom. The lowest BCUT2D eigenvalue weighted by molar-refractivity contribution is -0.123. The van der Waals surface area contributed by atoms with Crippen molar-refractivity contribution in [3.05, 3.63) is 45.6 Å². The quantitative estimate of drug-likeness (QED) is 0.359. The number of carbonyl (C=O) groups is 2. The fourth-order valence-electron chi connectivity index (χ4n) is 6.40. The summed E-state index contributed by atoms with van der Waals surface area (Å²) in [5.41, 5.74) is 3.17. The van der Waals surface area contributed by atoms with Gasteiger partial charge in [0, 0.05) is 25.1 Å². The molecule has 4 rings (SSSR count). The van der Waals surface area contributed by atoms with Gasteiger partial charge < -0.3 is 30.2 Å². The van der Waals surface area contributed by atoms with Crippen LogP contribution in [0.15, 0.2) is 29.1 Å². The number of aryl methyl sites for hydroxylation is 1. The van der Waals surface area contributed by atoms with Crippen LogP contribution in [0, 0.1) is 5.92 Å². The molecular weight excluding hydrogens is 548 g/mol. The number of methoxy groups -OCH3 is 3. The van der Waals surface area contributed by atoms with Gasteiger partial charge in [-0.3, -0.25) is 19.3 Å². The molecule has 3 atom stereocenters. The maximum atomic E-state index is 13.8. The minimum absolute atomic E-state index is 0.0710. The Morgan fingerprint density at radius 3 is 2.42 bits per heavy atom. The van der Waals surface area contributed by atoms with Gasteiger partial charge in [-0.05, 0) is 79.6 Å². The van der Waals surface area contributed by atoms with E-state index in [1.165, 1.54) is 6.92 Å². The van der Waals surface area contributed by atoms with Crippen LogP contribution < -0.4 is 35.6 Å². The van der Waals surface area contributed by atoms with Gasteiger partial charge in [0.1, 0.15) is 6.04 Å². The minimum atomic E-state index is -0.608. The first-order valence-corrected chi connectivity index (χ1v) is 15.2. The number of amides is 2. The van der Waals surface area contributed by atoms with Gasteiger partial charge in [-0.15, -0.1) is 0 Å². The average molecular weight is 595 g/mol. The zero-order chi connectivity index (χ0) is 31.3. The van der Waals surface area contributed by atoms with Crippen LogP contribution in [0.5, 0.6) is 17.2 Å². The first-order valence-electron chi connectivity index (χ1n) is 15.2. The molecule has 1 aliphatic carbocycles. The number of likely N-dealkylation sites (tertiary alicyclic amines) is 1. The molecule has 0 bridgehead atoms. The summed E-state index contributed by atoms with van der Waals surface area (Å²) in [6, 6.07) is 6.38. The highest BCUT2D eigenvalue weighted by molar-refractivity contribution is 5.86. The number of likely N-dealkylation sites (N-methyl/N-ethyl adjacent to an activating group) is 1. The summed E-state index contributed by atoms with van der Waals surface area (Å²) >= 11 is 0. The predicted molar refractivity (Wildman–Crippen MR) is 168 cm³/mol. The largest absolute Gasteiger partial charge is 0.493 e. The topological polar surface area (TPSA) is 118 Å². The van der Waals surface area contributed by atoms with E-state index in [9.17, 15) is 14.4 Å². The molecule has 0 spiro atoms. The van der Waals surface area contributed by atoms with Crippen molar-refractivity contribution < 1.29 is 23.8 Å². The van der Waals surface area contributed by atoms with Gasteiger partial charge in [-0.1, -0.05) is 26.8 Å². The molecule has 2 aromatic rings. The van der Waals surface area contributed by atoms with Crippen molar-refractivity contribution in [1.29, 1.82) is 0 Å². The molecule has 1 fully saturated rings. The number of hydrogen-bond acceptors (Lipinski definition) is 8. The van der Waals surface area contributed by atoms with Crippen LogP contribution in [0.4, 0.5) is 5.69 Å². The van der Waals surface area contributed by atoms with Gasteiger partial charge in [-0.25, -0.2) is 0 Å². The second kappa shape index (κ2) is 14.1. The van der Waals surface area contributed by atoms with E-state index in [4.69, 9.17) is 14.2 Å². The lowest BCUT2D eigenvalue weighted by Crippen LogP contribution is -2.47. The van der Waals surface area contributed by atoms with Crippen LogP contribution in [0.25, 0.3) is 11.1 Å². The van der Waals surface area contributed by atoms with Crippen LogP contribution in [-0.4, -0.2) is 69.8 Å². The highest BCUT2D eigenvalue weighted by Gasteiger charge is 2.31. The van der Waals surface area contributed by atoms with Crippen molar-refractivity contribution in [2.75, 3.05) is 46.3 Å². The lowest BCUT2D eigenvalue weighted by Gasteiger charge is -2.26. The molecule has 1 saturated heterocycles. The average Bonchev–Trinajstić information content (AvgIpc) is 3.32. The van der Waals surface area contributed by atoms with E-state index in [-0.39, 0.29) is 23.2 Å². The van der Waals surface area contributed by atoms with E-state index >= 15 is 0 Å². The number of ether oxygens (including phenoxy) is 3. The Hall–Kier alpha value is -3.79. The molecule has 3 N–H and O–H groups in total. The molecule has 1 aliphatic heterocycles. The third-order valence-corrected chi connectivity index (χ3v) is 8.59. The summed E-state index contributed by atoms with van der Waals surface area (Å²) in [4.78, 5) is 41.8. The zero-order valence-electron chi connectivity index (χ0n) is 26.5. The number of fused-ring (bicyclic) bond motifs is 3. The van der Waals surface area contributed by atoms with Gasteiger partial charge in [0.2, 0.25) is 23.0 Å². The van der Waals surface area contributed by atoms with Crippen molar-refractivity contribution in [3.63, 3.8) is 0 Å². The number of anilines is 1. The molecule has 0 saturated carbocycles. The summed E-state index contributed by atoms with van der Waals surface area (Å²) in [7, 11) is 4.70. The van der Waals surface area contributed by atoms with Crippen LogP contribution >= 0.6 is 0 Å². The summed E-state index contributed by atoms with van der Waals surface area (Å²) in [5, 5.41) is 9.41. The van der Waals surface area contributed by atoms with E-state index in [0.717, 1.165) is 42.6 Å². The lowest BCUT2D eigenvalue weighted by atomic mass is 9.95. The highest BCUT2D eigenvalue weighted by atomic mass is 16.5. The van der Waals surface area contributed by atoms with Crippen LogP contribution in [-0.2, 0) is 16.0 Å². The smallest absolute Gasteiger partial charge is 0.242 e. The molecule has 2 aliphatic rings. The third kappa shape index (κ3) is 6.90. The molecule has 43 heavy (non-hydrogen) atoms. The van der Waals surface area contributed by atoms with Crippen LogP contribution in [0.1, 0.15) is 64.1 Å². The van der Waals surface area contributed by atoms with Crippen LogP contribution in [0.3, 0.4) is 0 Å². The van der Waals surface area contributed by atoms with E-state index < -0.39 is 12.1 Å². The van der Waals surface area contributed by atoms with Crippen molar-refractivity contribution in [2.45, 2.75) is 71.5 Å². The standard InChI is InChI=1S/C33H46N4O6/c1-8-37-15-9-10-22(37)18-34-33(40)30(19(2)3)36-26-14-12-23-24(17-27(26)39)25(35-20(4)38)13-11-21-16-28(41-5)31(42-6)32(43-7)29(21)23/h12,14,16-17,19,22,25,30H,8-11,13,15,18H2,1-7H3,(H,34,40)(H,35,38)(H,36,39)/t22-,25-,30+/m1/s1. The Kier molecular flexibility index (Phi) is 10.6. The maximum absolute atomic E-state index is 13.8. The van der Waals surface area contributed by atoms with E-state index in [1.807, 2.05) is 26.0 Å². The Bertz CT molecular complexity index is 1390. The van der Waals surface area contributed by atoms with Gasteiger partial charge in [0.15, 0.2) is 11.5 Å². The summed E-state index contributed by atoms with van der Waals surface area (Å²) in [6.07, 6.45) is 3.38. The van der Waals surface area contributed by atoms with Crippen LogP contribution in [0.2, 0.25) is 0 Å². The molecule has 234 valence electrons. The normalized spacial score (nSPS) is 18.6. The first-order chi connectivity index (χ1) is 20.6. The Balaban J connectivity index is 1.77. The Labute approximate surface area is 254 Å². The maximum Gasteiger partial charge on any atom is 0.242 e. The number of carbonyl (C=O) groups excluding carboxylic acids is 2. The molecule has 0 radical (unpaired) electrons. The Morgan fingerprint density at radius 1 is 1.05 bits per heavy atom. The predicted octanol–water partition coefficient (Wildman–Crippen LogP) is 3.90. The van der Waals surface area contributed by atoms with Crippen molar-refractivity contribution in [3.8, 4) is 28.4 Å². The number of nitrogens with one attached hydrogen (secondary N) is 3. The minimum Gasteiger partial charge on any atom is -0.493 e.